The van der Waals surface area contributed by atoms with Gasteiger partial charge in [0.2, 0.25) is 0 Å². The van der Waals surface area contributed by atoms with Gasteiger partial charge >= 0.3 is 0 Å². The third-order valence-electron chi connectivity index (χ3n) is 4.08. The maximum Gasteiger partial charge on any atom is 0.262 e. The Bertz CT molecular complexity index is 733. The minimum atomic E-state index is -0.242. The van der Waals surface area contributed by atoms with Crippen molar-refractivity contribution in [3.8, 4) is 5.75 Å². The van der Waals surface area contributed by atoms with Crippen LogP contribution in [0.5, 0.6) is 5.75 Å². The molecule has 2 rings (SSSR count). The quantitative estimate of drug-likeness (QED) is 0.719. The number of benzene rings is 2. The molecule has 144 valence electrons. The first kappa shape index (κ1) is 20.5. The summed E-state index contributed by atoms with van der Waals surface area (Å²) in [7, 11) is 0. The van der Waals surface area contributed by atoms with Gasteiger partial charge in [-0.25, -0.2) is 0 Å². The van der Waals surface area contributed by atoms with Gasteiger partial charge in [0, 0.05) is 24.3 Å². The molecule has 0 aromatic heterocycles. The Morgan fingerprint density at radius 3 is 2.07 bits per heavy atom. The molecule has 0 radical (unpaired) electrons. The van der Waals surface area contributed by atoms with Gasteiger partial charge < -0.3 is 15.0 Å². The minimum absolute atomic E-state index is 0.0271. The van der Waals surface area contributed by atoms with Crippen LogP contribution < -0.4 is 10.1 Å². The Morgan fingerprint density at radius 2 is 1.52 bits per heavy atom. The Balaban J connectivity index is 1.89. The van der Waals surface area contributed by atoms with Crippen LogP contribution in [0.25, 0.3) is 0 Å². The molecular formula is C22H28N2O3. The molecule has 0 aliphatic rings. The predicted molar refractivity (Wildman–Crippen MR) is 108 cm³/mol. The SMILES string of the molecule is CCCN(CCC)C(=O)c1ccc(NC(=O)COc2ccc(C)cc2)cc1. The van der Waals surface area contributed by atoms with Crippen LogP contribution in [0.4, 0.5) is 5.69 Å². The third kappa shape index (κ3) is 6.44. The van der Waals surface area contributed by atoms with Crippen LogP contribution in [0, 0.1) is 6.92 Å². The predicted octanol–water partition coefficient (Wildman–Crippen LogP) is 4.27. The molecule has 0 aliphatic carbocycles. The average Bonchev–Trinajstić information content (AvgIpc) is 2.67. The van der Waals surface area contributed by atoms with Crippen LogP contribution in [-0.2, 0) is 4.79 Å². The zero-order valence-corrected chi connectivity index (χ0v) is 16.3. The fraction of sp³-hybridized carbons (Fsp3) is 0.364. The van der Waals surface area contributed by atoms with Crippen LogP contribution in [-0.4, -0.2) is 36.4 Å². The monoisotopic (exact) mass is 368 g/mol. The number of anilines is 1. The highest BCUT2D eigenvalue weighted by atomic mass is 16.5. The Labute approximate surface area is 161 Å². The van der Waals surface area contributed by atoms with Gasteiger partial charge in [-0.15, -0.1) is 0 Å². The number of hydrogen-bond donors (Lipinski definition) is 1. The van der Waals surface area contributed by atoms with E-state index in [0.717, 1.165) is 31.5 Å². The summed E-state index contributed by atoms with van der Waals surface area (Å²) in [6, 6.07) is 14.5. The van der Waals surface area contributed by atoms with Crippen molar-refractivity contribution in [2.75, 3.05) is 25.0 Å². The van der Waals surface area contributed by atoms with Gasteiger partial charge in [-0.1, -0.05) is 31.5 Å². The molecule has 1 N–H and O–H groups in total. The zero-order chi connectivity index (χ0) is 19.6. The lowest BCUT2D eigenvalue weighted by molar-refractivity contribution is -0.118. The van der Waals surface area contributed by atoms with Crippen molar-refractivity contribution < 1.29 is 14.3 Å². The molecule has 2 amide bonds. The van der Waals surface area contributed by atoms with Crippen LogP contribution >= 0.6 is 0 Å². The summed E-state index contributed by atoms with van der Waals surface area (Å²) in [5, 5.41) is 2.78. The molecule has 0 aliphatic heterocycles. The number of amides is 2. The number of hydrogen-bond acceptors (Lipinski definition) is 3. The van der Waals surface area contributed by atoms with E-state index in [2.05, 4.69) is 19.2 Å². The highest BCUT2D eigenvalue weighted by Gasteiger charge is 2.14. The lowest BCUT2D eigenvalue weighted by Crippen LogP contribution is -2.32. The molecular weight excluding hydrogens is 340 g/mol. The smallest absolute Gasteiger partial charge is 0.262 e. The van der Waals surface area contributed by atoms with Crippen molar-refractivity contribution in [1.29, 1.82) is 0 Å². The van der Waals surface area contributed by atoms with Crippen LogP contribution in [0.3, 0.4) is 0 Å². The second-order valence-electron chi connectivity index (χ2n) is 6.52. The largest absolute Gasteiger partial charge is 0.484 e. The number of carbonyl (C=O) groups excluding carboxylic acids is 2. The lowest BCUT2D eigenvalue weighted by atomic mass is 10.1. The van der Waals surface area contributed by atoms with Crippen LogP contribution in [0.15, 0.2) is 48.5 Å². The molecule has 0 saturated carbocycles. The molecule has 0 unspecified atom stereocenters. The first-order chi connectivity index (χ1) is 13.0. The molecule has 0 spiro atoms. The molecule has 0 bridgehead atoms. The van der Waals surface area contributed by atoms with Gasteiger partial charge in [0.1, 0.15) is 5.75 Å². The van der Waals surface area contributed by atoms with Crippen molar-refractivity contribution in [2.45, 2.75) is 33.6 Å². The first-order valence-electron chi connectivity index (χ1n) is 9.42. The van der Waals surface area contributed by atoms with E-state index in [1.807, 2.05) is 36.1 Å². The zero-order valence-electron chi connectivity index (χ0n) is 16.3. The summed E-state index contributed by atoms with van der Waals surface area (Å²) in [6.07, 6.45) is 1.86. The number of aryl methyl sites for hydroxylation is 1. The standard InChI is InChI=1S/C22H28N2O3/c1-4-14-24(15-5-2)22(26)18-8-10-19(11-9-18)23-21(25)16-27-20-12-6-17(3)7-13-20/h6-13H,4-5,14-16H2,1-3H3,(H,23,25). The summed E-state index contributed by atoms with van der Waals surface area (Å²) in [4.78, 5) is 26.5. The van der Waals surface area contributed by atoms with Crippen molar-refractivity contribution in [2.24, 2.45) is 0 Å². The molecule has 2 aromatic rings. The van der Waals surface area contributed by atoms with Gasteiger partial charge in [-0.3, -0.25) is 9.59 Å². The van der Waals surface area contributed by atoms with E-state index >= 15 is 0 Å². The molecule has 0 atom stereocenters. The van der Waals surface area contributed by atoms with Crippen molar-refractivity contribution in [3.63, 3.8) is 0 Å². The maximum absolute atomic E-state index is 12.6. The Morgan fingerprint density at radius 1 is 0.926 bits per heavy atom. The topological polar surface area (TPSA) is 58.6 Å². The molecule has 5 nitrogen and oxygen atoms in total. The second-order valence-corrected chi connectivity index (χ2v) is 6.52. The summed E-state index contributed by atoms with van der Waals surface area (Å²) in [5.41, 5.74) is 2.41. The minimum Gasteiger partial charge on any atom is -0.484 e. The highest BCUT2D eigenvalue weighted by molar-refractivity contribution is 5.96. The molecule has 0 fully saturated rings. The highest BCUT2D eigenvalue weighted by Crippen LogP contribution is 2.14. The van der Waals surface area contributed by atoms with Crippen molar-refractivity contribution in [1.82, 2.24) is 4.90 Å². The first-order valence-corrected chi connectivity index (χ1v) is 9.42. The molecule has 5 heteroatoms. The van der Waals surface area contributed by atoms with E-state index in [4.69, 9.17) is 4.74 Å². The van der Waals surface area contributed by atoms with E-state index < -0.39 is 0 Å². The number of rotatable bonds is 9. The third-order valence-corrected chi connectivity index (χ3v) is 4.08. The van der Waals surface area contributed by atoms with Crippen molar-refractivity contribution >= 4 is 17.5 Å². The van der Waals surface area contributed by atoms with Gasteiger partial charge in [0.15, 0.2) is 6.61 Å². The molecule has 0 saturated heterocycles. The van der Waals surface area contributed by atoms with Gasteiger partial charge in [-0.05, 0) is 56.2 Å². The van der Waals surface area contributed by atoms with E-state index in [1.165, 1.54) is 0 Å². The van der Waals surface area contributed by atoms with Gasteiger partial charge in [0.05, 0.1) is 0 Å². The normalized spacial score (nSPS) is 10.3. The number of nitrogens with one attached hydrogen (secondary N) is 1. The van der Waals surface area contributed by atoms with E-state index in [0.29, 0.717) is 17.0 Å². The lowest BCUT2D eigenvalue weighted by Gasteiger charge is -2.21. The van der Waals surface area contributed by atoms with Crippen LogP contribution in [0.1, 0.15) is 42.6 Å². The molecule has 2 aromatic carbocycles. The fourth-order valence-corrected chi connectivity index (χ4v) is 2.71. The van der Waals surface area contributed by atoms with Crippen LogP contribution in [0.2, 0.25) is 0 Å². The van der Waals surface area contributed by atoms with Gasteiger partial charge in [0.25, 0.3) is 11.8 Å². The number of ether oxygens (including phenoxy) is 1. The molecule has 27 heavy (non-hydrogen) atoms. The fourth-order valence-electron chi connectivity index (χ4n) is 2.71. The van der Waals surface area contributed by atoms with Gasteiger partial charge in [-0.2, -0.15) is 0 Å². The Hall–Kier alpha value is -2.82. The number of nitrogens with zero attached hydrogens (tertiary/aromatic N) is 1. The maximum atomic E-state index is 12.6. The average molecular weight is 368 g/mol. The summed E-state index contributed by atoms with van der Waals surface area (Å²) in [5.74, 6) is 0.441. The van der Waals surface area contributed by atoms with E-state index in [1.54, 1.807) is 24.3 Å². The summed E-state index contributed by atoms with van der Waals surface area (Å²) in [6.45, 7) is 7.56. The van der Waals surface area contributed by atoms with Crippen molar-refractivity contribution in [3.05, 3.63) is 59.7 Å². The van der Waals surface area contributed by atoms with E-state index in [-0.39, 0.29) is 18.4 Å². The molecule has 0 heterocycles. The van der Waals surface area contributed by atoms with E-state index in [9.17, 15) is 9.59 Å². The summed E-state index contributed by atoms with van der Waals surface area (Å²) >= 11 is 0. The Kier molecular flexibility index (Phi) is 7.86. The second kappa shape index (κ2) is 10.4. The summed E-state index contributed by atoms with van der Waals surface area (Å²) < 4.78 is 5.47. The number of carbonyl (C=O) groups is 2.